The van der Waals surface area contributed by atoms with Gasteiger partial charge < -0.3 is 24.5 Å². The van der Waals surface area contributed by atoms with Crippen molar-refractivity contribution in [2.75, 3.05) is 13.2 Å². The molecule has 0 bridgehead atoms. The molecule has 0 aliphatic carbocycles. The number of para-hydroxylation sites is 1. The Balaban J connectivity index is 1.29. The van der Waals surface area contributed by atoms with Crippen LogP contribution in [0.1, 0.15) is 34.1 Å². The maximum atomic E-state index is 13.3. The zero-order valence-corrected chi connectivity index (χ0v) is 24.5. The molecule has 4 aromatic carbocycles. The van der Waals surface area contributed by atoms with Crippen molar-refractivity contribution >= 4 is 22.6 Å². The van der Waals surface area contributed by atoms with Crippen molar-refractivity contribution in [3.8, 4) is 5.75 Å². The van der Waals surface area contributed by atoms with Gasteiger partial charge >= 0.3 is 5.97 Å². The van der Waals surface area contributed by atoms with Gasteiger partial charge in [0.1, 0.15) is 30.8 Å². The van der Waals surface area contributed by atoms with E-state index < -0.39 is 17.0 Å². The molecular formula is C35H35N3O6. The molecule has 0 saturated carbocycles. The van der Waals surface area contributed by atoms with Crippen LogP contribution in [0.15, 0.2) is 109 Å². The Hall–Kier alpha value is -4.99. The number of carbonyl (C=O) groups excluding carboxylic acids is 1. The highest BCUT2D eigenvalue weighted by molar-refractivity contribution is 5.96. The zero-order valence-electron chi connectivity index (χ0n) is 24.5. The van der Waals surface area contributed by atoms with Gasteiger partial charge in [-0.25, -0.2) is 4.79 Å². The molecule has 0 amide bonds. The first-order valence-electron chi connectivity index (χ1n) is 14.5. The van der Waals surface area contributed by atoms with Crippen molar-refractivity contribution in [3.63, 3.8) is 0 Å². The van der Waals surface area contributed by atoms with Gasteiger partial charge in [0.2, 0.25) is 0 Å². The minimum Gasteiger partial charge on any atom is -0.491 e. The van der Waals surface area contributed by atoms with Crippen LogP contribution >= 0.6 is 0 Å². The maximum Gasteiger partial charge on any atom is 0.355 e. The molecule has 2 atom stereocenters. The van der Waals surface area contributed by atoms with Crippen LogP contribution in [-0.2, 0) is 24.3 Å². The molecule has 0 spiro atoms. The molecule has 226 valence electrons. The number of ether oxygens (including phenoxy) is 2. The van der Waals surface area contributed by atoms with Gasteiger partial charge in [-0.2, -0.15) is 0 Å². The summed E-state index contributed by atoms with van der Waals surface area (Å²) >= 11 is 0. The van der Waals surface area contributed by atoms with Gasteiger partial charge in [0.15, 0.2) is 0 Å². The third-order valence-corrected chi connectivity index (χ3v) is 7.30. The van der Waals surface area contributed by atoms with Crippen molar-refractivity contribution in [2.45, 2.75) is 38.6 Å². The predicted octanol–water partition coefficient (Wildman–Crippen LogP) is 5.92. The molecule has 5 aromatic rings. The number of aliphatic hydroxyl groups is 1. The van der Waals surface area contributed by atoms with Gasteiger partial charge in [0, 0.05) is 42.2 Å². The smallest absolute Gasteiger partial charge is 0.355 e. The van der Waals surface area contributed by atoms with Crippen LogP contribution in [-0.4, -0.2) is 45.9 Å². The van der Waals surface area contributed by atoms with E-state index in [0.29, 0.717) is 25.2 Å². The van der Waals surface area contributed by atoms with E-state index in [1.165, 1.54) is 12.1 Å². The number of carbonyl (C=O) groups is 1. The molecule has 0 aliphatic heterocycles. The van der Waals surface area contributed by atoms with Crippen LogP contribution in [0.4, 0.5) is 5.69 Å². The summed E-state index contributed by atoms with van der Waals surface area (Å²) < 4.78 is 13.2. The van der Waals surface area contributed by atoms with Gasteiger partial charge in [-0.1, -0.05) is 66.7 Å². The predicted molar refractivity (Wildman–Crippen MR) is 169 cm³/mol. The number of hydrogen-bond donors (Lipinski definition) is 2. The normalized spacial score (nSPS) is 12.5. The summed E-state index contributed by atoms with van der Waals surface area (Å²) in [6.45, 7) is 3.13. The average molecular weight is 594 g/mol. The summed E-state index contributed by atoms with van der Waals surface area (Å²) in [6.07, 6.45) is 0.0572. The Morgan fingerprint density at radius 2 is 1.59 bits per heavy atom. The van der Waals surface area contributed by atoms with E-state index >= 15 is 0 Å². The van der Waals surface area contributed by atoms with Crippen LogP contribution in [0, 0.1) is 10.1 Å². The summed E-state index contributed by atoms with van der Waals surface area (Å²) in [7, 11) is 0. The first-order valence-corrected chi connectivity index (χ1v) is 14.5. The molecule has 0 saturated heterocycles. The number of benzene rings is 4. The number of esters is 1. The largest absolute Gasteiger partial charge is 0.491 e. The van der Waals surface area contributed by atoms with Gasteiger partial charge in [0.25, 0.3) is 5.69 Å². The molecule has 1 heterocycles. The number of nitrogens with zero attached hydrogens (tertiary/aromatic N) is 2. The number of hydrogen-bond acceptors (Lipinski definition) is 7. The number of nitro groups is 1. The Bertz CT molecular complexity index is 1690. The summed E-state index contributed by atoms with van der Waals surface area (Å²) in [5.41, 5.74) is 4.05. The minimum absolute atomic E-state index is 0.0113. The van der Waals surface area contributed by atoms with Gasteiger partial charge in [0.05, 0.1) is 4.92 Å². The van der Waals surface area contributed by atoms with Gasteiger partial charge in [-0.3, -0.25) is 10.1 Å². The Morgan fingerprint density at radius 3 is 2.30 bits per heavy atom. The monoisotopic (exact) mass is 593 g/mol. The number of fused-ring (bicyclic) bond motifs is 1. The Labute approximate surface area is 255 Å². The third kappa shape index (κ3) is 8.09. The number of nitro benzene ring substituents is 1. The van der Waals surface area contributed by atoms with Gasteiger partial charge in [-0.05, 0) is 60.4 Å². The second-order valence-electron chi connectivity index (χ2n) is 10.8. The SMILES string of the molecule is CC(Cc1ccc2c(c1)cc(C(=O)OCc1ccccc1)n2Cc1ccc([N+](=O)[O-])cc1)NC[C@H](O)COc1ccccc1. The van der Waals surface area contributed by atoms with E-state index in [9.17, 15) is 20.0 Å². The third-order valence-electron chi connectivity index (χ3n) is 7.30. The molecule has 2 N–H and O–H groups in total. The molecule has 1 aromatic heterocycles. The van der Waals surface area contributed by atoms with Crippen LogP contribution in [0.5, 0.6) is 5.75 Å². The molecule has 1 unspecified atom stereocenters. The molecule has 9 heteroatoms. The lowest BCUT2D eigenvalue weighted by Gasteiger charge is -2.18. The lowest BCUT2D eigenvalue weighted by atomic mass is 10.0. The summed E-state index contributed by atoms with van der Waals surface area (Å²) in [6, 6.07) is 33.2. The van der Waals surface area contributed by atoms with E-state index in [4.69, 9.17) is 9.47 Å². The minimum atomic E-state index is -0.655. The molecule has 5 rings (SSSR count). The number of rotatable bonds is 14. The fourth-order valence-electron chi connectivity index (χ4n) is 5.02. The fraction of sp³-hybridized carbons (Fsp3) is 0.229. The second kappa shape index (κ2) is 14.5. The average Bonchev–Trinajstić information content (AvgIpc) is 3.40. The lowest BCUT2D eigenvalue weighted by molar-refractivity contribution is -0.384. The Kier molecular flexibility index (Phi) is 10.0. The van der Waals surface area contributed by atoms with Crippen molar-refractivity contribution in [3.05, 3.63) is 142 Å². The zero-order chi connectivity index (χ0) is 30.9. The molecule has 44 heavy (non-hydrogen) atoms. The number of aromatic nitrogens is 1. The molecule has 0 radical (unpaired) electrons. The topological polar surface area (TPSA) is 116 Å². The highest BCUT2D eigenvalue weighted by atomic mass is 16.6. The first kappa shape index (κ1) is 30.5. The van der Waals surface area contributed by atoms with Crippen molar-refractivity contribution in [1.82, 2.24) is 9.88 Å². The van der Waals surface area contributed by atoms with Crippen LogP contribution < -0.4 is 10.1 Å². The molecule has 9 nitrogen and oxygen atoms in total. The summed E-state index contributed by atoms with van der Waals surface area (Å²) in [5, 5.41) is 25.7. The molecular weight excluding hydrogens is 558 g/mol. The molecule has 0 fully saturated rings. The van der Waals surface area contributed by atoms with Crippen LogP contribution in [0.3, 0.4) is 0 Å². The van der Waals surface area contributed by atoms with E-state index in [2.05, 4.69) is 18.3 Å². The Morgan fingerprint density at radius 1 is 0.909 bits per heavy atom. The highest BCUT2D eigenvalue weighted by Crippen LogP contribution is 2.25. The number of non-ortho nitro benzene ring substituents is 1. The first-order chi connectivity index (χ1) is 21.4. The number of aliphatic hydroxyl groups excluding tert-OH is 1. The summed E-state index contributed by atoms with van der Waals surface area (Å²) in [4.78, 5) is 24.0. The van der Waals surface area contributed by atoms with Crippen molar-refractivity contribution < 1.29 is 24.3 Å². The quantitative estimate of drug-likeness (QED) is 0.0934. The van der Waals surface area contributed by atoms with Gasteiger partial charge in [-0.15, -0.1) is 0 Å². The van der Waals surface area contributed by atoms with Crippen LogP contribution in [0.2, 0.25) is 0 Å². The highest BCUT2D eigenvalue weighted by Gasteiger charge is 2.19. The lowest BCUT2D eigenvalue weighted by Crippen LogP contribution is -2.37. The maximum absolute atomic E-state index is 13.3. The second-order valence-corrected chi connectivity index (χ2v) is 10.8. The van der Waals surface area contributed by atoms with Crippen molar-refractivity contribution in [2.24, 2.45) is 0 Å². The van der Waals surface area contributed by atoms with E-state index in [1.54, 1.807) is 12.1 Å². The fourth-order valence-corrected chi connectivity index (χ4v) is 5.02. The van der Waals surface area contributed by atoms with E-state index in [0.717, 1.165) is 33.3 Å². The summed E-state index contributed by atoms with van der Waals surface area (Å²) in [5.74, 6) is 0.270. The standard InChI is InChI=1S/C35H35N3O6/c1-25(36-21-31(39)24-43-32-10-6-3-7-11-32)18-28-14-17-33-29(19-28)20-34(35(40)44-23-27-8-4-2-5-9-27)37(33)22-26-12-15-30(16-13-26)38(41)42/h2-17,19-20,25,31,36,39H,18,21-24H2,1H3/t25?,31-/m0/s1. The van der Waals surface area contributed by atoms with Crippen molar-refractivity contribution in [1.29, 1.82) is 0 Å². The van der Waals surface area contributed by atoms with Crippen LogP contribution in [0.25, 0.3) is 10.9 Å². The van der Waals surface area contributed by atoms with E-state index in [-0.39, 0.29) is 24.9 Å². The number of nitrogens with one attached hydrogen (secondary N) is 1. The van der Waals surface area contributed by atoms with E-state index in [1.807, 2.05) is 83.4 Å². The molecule has 0 aliphatic rings.